The van der Waals surface area contributed by atoms with E-state index in [1.54, 1.807) is 18.7 Å². The first-order valence-corrected chi connectivity index (χ1v) is 14.4. The summed E-state index contributed by atoms with van der Waals surface area (Å²) >= 11 is 1.58. The predicted octanol–water partition coefficient (Wildman–Crippen LogP) is 3.01. The smallest absolute Gasteiger partial charge is 0.242 e. The van der Waals surface area contributed by atoms with Crippen molar-refractivity contribution in [2.45, 2.75) is 25.9 Å². The van der Waals surface area contributed by atoms with Gasteiger partial charge in [0.05, 0.1) is 5.75 Å². The average Bonchev–Trinajstić information content (AvgIpc) is 2.83. The molecule has 180 valence electrons. The van der Waals surface area contributed by atoms with Gasteiger partial charge in [-0.25, -0.2) is 13.1 Å². The lowest BCUT2D eigenvalue weighted by Crippen LogP contribution is -2.46. The predicted molar refractivity (Wildman–Crippen MR) is 138 cm³/mol. The largest absolute Gasteiger partial charge is 0.369 e. The zero-order chi connectivity index (χ0) is 23.7. The van der Waals surface area contributed by atoms with E-state index in [-0.39, 0.29) is 11.7 Å². The number of hydrogen-bond acceptors (Lipinski definition) is 6. The Morgan fingerprint density at radius 3 is 2.30 bits per heavy atom. The van der Waals surface area contributed by atoms with Gasteiger partial charge in [0.15, 0.2) is 0 Å². The fourth-order valence-corrected chi connectivity index (χ4v) is 5.07. The van der Waals surface area contributed by atoms with Crippen LogP contribution in [0.15, 0.2) is 54.6 Å². The van der Waals surface area contributed by atoms with E-state index in [9.17, 15) is 13.2 Å². The monoisotopic (exact) mass is 490 g/mol. The summed E-state index contributed by atoms with van der Waals surface area (Å²) in [5, 5.41) is 2.86. The molecule has 1 unspecified atom stereocenters. The molecular weight excluding hydrogens is 456 g/mol. The molecule has 33 heavy (non-hydrogen) atoms. The number of sulfonamides is 1. The molecule has 0 aliphatic carbocycles. The quantitative estimate of drug-likeness (QED) is 0.504. The normalized spacial score (nSPS) is 15.9. The number of anilines is 2. The lowest BCUT2D eigenvalue weighted by atomic mass is 10.2. The zero-order valence-corrected chi connectivity index (χ0v) is 21.0. The Morgan fingerprint density at radius 1 is 1.03 bits per heavy atom. The molecule has 3 rings (SSSR count). The van der Waals surface area contributed by atoms with Crippen LogP contribution >= 0.6 is 11.8 Å². The molecule has 1 aliphatic heterocycles. The number of carbonyl (C=O) groups excluding carboxylic acids is 1. The van der Waals surface area contributed by atoms with Crippen molar-refractivity contribution in [2.24, 2.45) is 0 Å². The van der Waals surface area contributed by atoms with Crippen molar-refractivity contribution < 1.29 is 13.2 Å². The molecule has 2 aromatic carbocycles. The van der Waals surface area contributed by atoms with Gasteiger partial charge in [0.2, 0.25) is 15.9 Å². The Bertz CT molecular complexity index is 977. The van der Waals surface area contributed by atoms with E-state index in [1.807, 2.05) is 36.6 Å². The van der Waals surface area contributed by atoms with Gasteiger partial charge in [-0.2, -0.15) is 11.8 Å². The van der Waals surface area contributed by atoms with Gasteiger partial charge in [-0.3, -0.25) is 9.69 Å². The van der Waals surface area contributed by atoms with Crippen LogP contribution in [0.5, 0.6) is 0 Å². The van der Waals surface area contributed by atoms with Crippen molar-refractivity contribution in [1.29, 1.82) is 0 Å². The summed E-state index contributed by atoms with van der Waals surface area (Å²) in [7, 11) is -3.46. The molecule has 1 aliphatic rings. The number of amides is 1. The third-order valence-corrected chi connectivity index (χ3v) is 7.80. The molecule has 1 amide bonds. The van der Waals surface area contributed by atoms with Crippen LogP contribution in [-0.2, 0) is 21.4 Å². The van der Waals surface area contributed by atoms with Gasteiger partial charge in [-0.1, -0.05) is 30.3 Å². The third-order valence-electron chi connectivity index (χ3n) is 5.75. The number of nitrogens with one attached hydrogen (secondary N) is 2. The molecule has 1 heterocycles. The highest BCUT2D eigenvalue weighted by atomic mass is 32.2. The highest BCUT2D eigenvalue weighted by Gasteiger charge is 2.23. The van der Waals surface area contributed by atoms with Crippen molar-refractivity contribution in [2.75, 3.05) is 54.2 Å². The molecule has 7 nitrogen and oxygen atoms in total. The SMILES string of the molecule is CCS(=O)(=O)NC(CCSC)C(=O)Nc1ccc(N2CCN(Cc3ccccc3)CC2)cc1. The highest BCUT2D eigenvalue weighted by molar-refractivity contribution is 7.98. The summed E-state index contributed by atoms with van der Waals surface area (Å²) in [5.74, 6) is 0.312. The van der Waals surface area contributed by atoms with E-state index in [0.717, 1.165) is 38.4 Å². The van der Waals surface area contributed by atoms with Gasteiger partial charge in [0.1, 0.15) is 6.04 Å². The number of carbonyl (C=O) groups is 1. The number of thioether (sulfide) groups is 1. The highest BCUT2D eigenvalue weighted by Crippen LogP contribution is 2.20. The topological polar surface area (TPSA) is 81.7 Å². The Balaban J connectivity index is 1.53. The van der Waals surface area contributed by atoms with Gasteiger partial charge < -0.3 is 10.2 Å². The van der Waals surface area contributed by atoms with Crippen LogP contribution in [0.1, 0.15) is 18.9 Å². The fourth-order valence-electron chi connectivity index (χ4n) is 3.77. The van der Waals surface area contributed by atoms with E-state index in [0.29, 0.717) is 17.9 Å². The summed E-state index contributed by atoms with van der Waals surface area (Å²) in [4.78, 5) is 17.5. The lowest BCUT2D eigenvalue weighted by molar-refractivity contribution is -0.117. The van der Waals surface area contributed by atoms with Crippen LogP contribution in [0, 0.1) is 0 Å². The van der Waals surface area contributed by atoms with Crippen LogP contribution in [0.25, 0.3) is 0 Å². The van der Waals surface area contributed by atoms with Gasteiger partial charge in [0, 0.05) is 44.1 Å². The first-order valence-electron chi connectivity index (χ1n) is 11.3. The number of benzene rings is 2. The second kappa shape index (κ2) is 12.4. The first kappa shape index (κ1) is 25.6. The summed E-state index contributed by atoms with van der Waals surface area (Å²) in [6, 6.07) is 17.5. The fraction of sp³-hybridized carbons (Fsp3) is 0.458. The maximum Gasteiger partial charge on any atom is 0.242 e. The molecule has 0 aromatic heterocycles. The average molecular weight is 491 g/mol. The van der Waals surface area contributed by atoms with Crippen molar-refractivity contribution in [3.8, 4) is 0 Å². The summed E-state index contributed by atoms with van der Waals surface area (Å²) in [5.41, 5.74) is 3.12. The Morgan fingerprint density at radius 2 is 1.70 bits per heavy atom. The summed E-state index contributed by atoms with van der Waals surface area (Å²) in [6.07, 6.45) is 2.38. The zero-order valence-electron chi connectivity index (χ0n) is 19.4. The lowest BCUT2D eigenvalue weighted by Gasteiger charge is -2.36. The minimum absolute atomic E-state index is 0.0522. The number of rotatable bonds is 11. The Labute approximate surface area is 202 Å². The standard InChI is InChI=1S/C24H34N4O3S2/c1-3-33(30,31)26-23(13-18-32-2)24(29)25-21-9-11-22(12-10-21)28-16-14-27(15-17-28)19-20-7-5-4-6-8-20/h4-12,23,26H,3,13-19H2,1-2H3,(H,25,29). The van der Waals surface area contributed by atoms with Crippen LogP contribution in [0.4, 0.5) is 11.4 Å². The maximum absolute atomic E-state index is 12.7. The van der Waals surface area contributed by atoms with Gasteiger partial charge >= 0.3 is 0 Å². The van der Waals surface area contributed by atoms with E-state index >= 15 is 0 Å². The van der Waals surface area contributed by atoms with Crippen LogP contribution in [-0.4, -0.2) is 69.2 Å². The molecule has 0 spiro atoms. The Hall–Kier alpha value is -2.07. The van der Waals surface area contributed by atoms with E-state index < -0.39 is 16.1 Å². The van der Waals surface area contributed by atoms with Crippen LogP contribution in [0.2, 0.25) is 0 Å². The Kier molecular flexibility index (Phi) is 9.61. The van der Waals surface area contributed by atoms with Gasteiger partial charge in [-0.05, 0) is 55.2 Å². The van der Waals surface area contributed by atoms with E-state index in [4.69, 9.17) is 0 Å². The molecule has 0 radical (unpaired) electrons. The van der Waals surface area contributed by atoms with Gasteiger partial charge in [-0.15, -0.1) is 0 Å². The van der Waals surface area contributed by atoms with Crippen LogP contribution in [0.3, 0.4) is 0 Å². The third kappa shape index (κ3) is 8.03. The van der Waals surface area contributed by atoms with Crippen molar-refractivity contribution >= 4 is 39.1 Å². The number of hydrogen-bond donors (Lipinski definition) is 2. The minimum Gasteiger partial charge on any atom is -0.369 e. The second-order valence-electron chi connectivity index (χ2n) is 8.14. The molecule has 0 bridgehead atoms. The van der Waals surface area contributed by atoms with Crippen molar-refractivity contribution in [1.82, 2.24) is 9.62 Å². The van der Waals surface area contributed by atoms with Crippen molar-refractivity contribution in [3.05, 3.63) is 60.2 Å². The molecule has 1 atom stereocenters. The number of nitrogens with zero attached hydrogens (tertiary/aromatic N) is 2. The van der Waals surface area contributed by atoms with E-state index in [2.05, 4.69) is 44.1 Å². The molecule has 2 aromatic rings. The molecular formula is C24H34N4O3S2. The summed E-state index contributed by atoms with van der Waals surface area (Å²) < 4.78 is 26.5. The van der Waals surface area contributed by atoms with Crippen LogP contribution < -0.4 is 14.9 Å². The molecule has 1 saturated heterocycles. The summed E-state index contributed by atoms with van der Waals surface area (Å²) in [6.45, 7) is 6.44. The molecule has 1 fully saturated rings. The second-order valence-corrected chi connectivity index (χ2v) is 11.2. The maximum atomic E-state index is 12.7. The number of piperazine rings is 1. The van der Waals surface area contributed by atoms with E-state index in [1.165, 1.54) is 5.56 Å². The minimum atomic E-state index is -3.46. The van der Waals surface area contributed by atoms with Crippen molar-refractivity contribution in [3.63, 3.8) is 0 Å². The molecule has 9 heteroatoms. The molecule has 0 saturated carbocycles. The van der Waals surface area contributed by atoms with Gasteiger partial charge in [0.25, 0.3) is 0 Å². The molecule has 2 N–H and O–H groups in total. The first-order chi connectivity index (χ1) is 15.9.